The molecule has 1 amide bonds. The molecule has 2 aromatic rings. The number of nitrogens with two attached hydrogens (primary N) is 1. The first kappa shape index (κ1) is 9.73. The lowest BCUT2D eigenvalue weighted by Crippen LogP contribution is -2.22. The van der Waals surface area contributed by atoms with Gasteiger partial charge in [-0.3, -0.25) is 4.79 Å². The van der Waals surface area contributed by atoms with E-state index in [1.807, 2.05) is 30.3 Å². The summed E-state index contributed by atoms with van der Waals surface area (Å²) in [6, 6.07) is 11.2. The van der Waals surface area contributed by atoms with Gasteiger partial charge in [0, 0.05) is 5.39 Å². The normalized spacial score (nSPS) is 10.1. The summed E-state index contributed by atoms with van der Waals surface area (Å²) in [5.41, 5.74) is 6.35. The largest absolute Gasteiger partial charge is 0.365 e. The molecule has 15 heavy (non-hydrogen) atoms. The molecule has 0 saturated carbocycles. The van der Waals surface area contributed by atoms with Gasteiger partial charge in [-0.2, -0.15) is 0 Å². The molecular formula is C11H8N2OS. The van der Waals surface area contributed by atoms with Crippen LogP contribution in [0.2, 0.25) is 0 Å². The number of carbonyl (C=O) groups excluding carboxylic acids is 1. The summed E-state index contributed by atoms with van der Waals surface area (Å²) in [7, 11) is 0. The Labute approximate surface area is 91.9 Å². The van der Waals surface area contributed by atoms with Crippen molar-refractivity contribution in [2.45, 2.75) is 0 Å². The van der Waals surface area contributed by atoms with Crippen LogP contribution in [-0.2, 0) is 4.79 Å². The lowest BCUT2D eigenvalue weighted by atomic mass is 10.2. The summed E-state index contributed by atoms with van der Waals surface area (Å²) in [5.74, 6) is -0.618. The first-order valence-corrected chi connectivity index (χ1v) is 4.79. The molecule has 74 valence electrons. The molecule has 2 N–H and O–H groups in total. The average Bonchev–Trinajstić information content (AvgIpc) is 2.27. The molecule has 0 fully saturated rings. The van der Waals surface area contributed by atoms with Crippen molar-refractivity contribution in [2.24, 2.45) is 5.73 Å². The number of hydrogen-bond acceptors (Lipinski definition) is 3. The van der Waals surface area contributed by atoms with Crippen molar-refractivity contribution >= 4 is 33.9 Å². The number of carbonyl (C=O) groups is 1. The highest BCUT2D eigenvalue weighted by molar-refractivity contribution is 7.82. The molecule has 0 aliphatic heterocycles. The van der Waals surface area contributed by atoms with Gasteiger partial charge >= 0.3 is 0 Å². The fourth-order valence-corrected chi connectivity index (χ4v) is 1.43. The number of fused-ring (bicyclic) bond motifs is 1. The fourth-order valence-electron chi connectivity index (χ4n) is 1.32. The molecule has 0 spiro atoms. The third-order valence-corrected chi connectivity index (χ3v) is 2.47. The molecule has 1 aromatic carbocycles. The van der Waals surface area contributed by atoms with Crippen LogP contribution in [0.25, 0.3) is 10.9 Å². The van der Waals surface area contributed by atoms with E-state index >= 15 is 0 Å². The van der Waals surface area contributed by atoms with Gasteiger partial charge in [0.1, 0.15) is 4.86 Å². The molecule has 3 nitrogen and oxygen atoms in total. The van der Waals surface area contributed by atoms with Crippen molar-refractivity contribution in [3.05, 3.63) is 42.1 Å². The van der Waals surface area contributed by atoms with Gasteiger partial charge in [0.15, 0.2) is 0 Å². The number of nitrogens with zero attached hydrogens (tertiary/aromatic N) is 1. The Morgan fingerprint density at radius 3 is 2.67 bits per heavy atom. The minimum absolute atomic E-state index is 0.0701. The molecule has 1 heterocycles. The third kappa shape index (κ3) is 1.85. The second-order valence-electron chi connectivity index (χ2n) is 3.08. The highest BCUT2D eigenvalue weighted by Crippen LogP contribution is 2.12. The summed E-state index contributed by atoms with van der Waals surface area (Å²) in [6.07, 6.45) is 0. The maximum absolute atomic E-state index is 10.9. The zero-order valence-corrected chi connectivity index (χ0v) is 8.62. The minimum Gasteiger partial charge on any atom is -0.365 e. The maximum Gasteiger partial charge on any atom is 0.261 e. The Balaban J connectivity index is 2.56. The summed E-state index contributed by atoms with van der Waals surface area (Å²) >= 11 is 4.87. The Kier molecular flexibility index (Phi) is 2.43. The predicted molar refractivity (Wildman–Crippen MR) is 62.6 cm³/mol. The molecule has 4 heteroatoms. The number of benzene rings is 1. The van der Waals surface area contributed by atoms with Gasteiger partial charge in [-0.15, -0.1) is 0 Å². The number of primary amides is 1. The first-order chi connectivity index (χ1) is 7.18. The number of aromatic nitrogens is 1. The van der Waals surface area contributed by atoms with E-state index < -0.39 is 5.91 Å². The van der Waals surface area contributed by atoms with Gasteiger partial charge in [0.2, 0.25) is 0 Å². The molecule has 1 aromatic heterocycles. The number of thiocarbonyl (C=S) groups is 1. The van der Waals surface area contributed by atoms with E-state index in [0.29, 0.717) is 5.69 Å². The molecule has 0 aliphatic rings. The predicted octanol–water partition coefficient (Wildman–Crippen LogP) is 1.44. The third-order valence-electron chi connectivity index (χ3n) is 2.05. The molecule has 0 atom stereocenters. The number of para-hydroxylation sites is 1. The Morgan fingerprint density at radius 1 is 1.20 bits per heavy atom. The molecule has 2 rings (SSSR count). The lowest BCUT2D eigenvalue weighted by molar-refractivity contribution is -0.111. The van der Waals surface area contributed by atoms with E-state index in [2.05, 4.69) is 4.98 Å². The quantitative estimate of drug-likeness (QED) is 0.610. The van der Waals surface area contributed by atoms with Crippen molar-refractivity contribution in [3.63, 3.8) is 0 Å². The van der Waals surface area contributed by atoms with E-state index in [1.54, 1.807) is 6.07 Å². The number of rotatable bonds is 2. The number of amides is 1. The Bertz CT molecular complexity index is 551. The van der Waals surface area contributed by atoms with Crippen LogP contribution in [0.15, 0.2) is 36.4 Å². The van der Waals surface area contributed by atoms with Gasteiger partial charge in [-0.1, -0.05) is 36.5 Å². The van der Waals surface area contributed by atoms with Crippen LogP contribution >= 0.6 is 12.2 Å². The fraction of sp³-hybridized carbons (Fsp3) is 0. The highest BCUT2D eigenvalue weighted by atomic mass is 32.1. The summed E-state index contributed by atoms with van der Waals surface area (Å²) < 4.78 is 0. The van der Waals surface area contributed by atoms with Crippen molar-refractivity contribution in [1.82, 2.24) is 4.98 Å². The van der Waals surface area contributed by atoms with E-state index in [1.165, 1.54) is 0 Å². The van der Waals surface area contributed by atoms with E-state index in [-0.39, 0.29) is 4.86 Å². The monoisotopic (exact) mass is 216 g/mol. The van der Waals surface area contributed by atoms with Gasteiger partial charge in [0.05, 0.1) is 11.2 Å². The second-order valence-corrected chi connectivity index (χ2v) is 3.49. The van der Waals surface area contributed by atoms with Crippen LogP contribution in [0, 0.1) is 0 Å². The van der Waals surface area contributed by atoms with Crippen molar-refractivity contribution in [2.75, 3.05) is 0 Å². The second kappa shape index (κ2) is 3.74. The van der Waals surface area contributed by atoms with Crippen molar-refractivity contribution in [1.29, 1.82) is 0 Å². The van der Waals surface area contributed by atoms with Gasteiger partial charge in [-0.25, -0.2) is 4.98 Å². The van der Waals surface area contributed by atoms with Crippen LogP contribution in [0.4, 0.5) is 0 Å². The van der Waals surface area contributed by atoms with Crippen LogP contribution in [-0.4, -0.2) is 15.8 Å². The zero-order chi connectivity index (χ0) is 10.8. The van der Waals surface area contributed by atoms with E-state index in [9.17, 15) is 4.79 Å². The lowest BCUT2D eigenvalue weighted by Gasteiger charge is -2.01. The molecule has 0 unspecified atom stereocenters. The van der Waals surface area contributed by atoms with Gasteiger partial charge in [-0.05, 0) is 12.1 Å². The van der Waals surface area contributed by atoms with Crippen molar-refractivity contribution in [3.8, 4) is 0 Å². The van der Waals surface area contributed by atoms with Crippen LogP contribution in [0.1, 0.15) is 5.69 Å². The smallest absolute Gasteiger partial charge is 0.261 e. The zero-order valence-electron chi connectivity index (χ0n) is 7.81. The maximum atomic E-state index is 10.9. The Morgan fingerprint density at radius 2 is 1.93 bits per heavy atom. The molecule has 0 bridgehead atoms. The molecule has 0 saturated heterocycles. The summed E-state index contributed by atoms with van der Waals surface area (Å²) in [6.45, 7) is 0. The molecule has 0 radical (unpaired) electrons. The number of pyridine rings is 1. The van der Waals surface area contributed by atoms with Crippen LogP contribution < -0.4 is 5.73 Å². The van der Waals surface area contributed by atoms with E-state index in [0.717, 1.165) is 10.9 Å². The summed E-state index contributed by atoms with van der Waals surface area (Å²) in [4.78, 5) is 15.2. The molecule has 0 aliphatic carbocycles. The minimum atomic E-state index is -0.618. The SMILES string of the molecule is NC(=O)C(=S)c1ccc2ccccc2n1. The van der Waals surface area contributed by atoms with Gasteiger partial charge in [0.25, 0.3) is 5.91 Å². The van der Waals surface area contributed by atoms with Gasteiger partial charge < -0.3 is 5.73 Å². The first-order valence-electron chi connectivity index (χ1n) is 4.38. The van der Waals surface area contributed by atoms with Crippen LogP contribution in [0.3, 0.4) is 0 Å². The topological polar surface area (TPSA) is 56.0 Å². The Hall–Kier alpha value is -1.81. The van der Waals surface area contributed by atoms with Crippen molar-refractivity contribution < 1.29 is 4.79 Å². The standard InChI is InChI=1S/C11H8N2OS/c12-11(14)10(15)9-6-5-7-3-1-2-4-8(7)13-9/h1-6H,(H2,12,14). The number of hydrogen-bond donors (Lipinski definition) is 1. The van der Waals surface area contributed by atoms with E-state index in [4.69, 9.17) is 18.0 Å². The highest BCUT2D eigenvalue weighted by Gasteiger charge is 2.08. The summed E-state index contributed by atoms with van der Waals surface area (Å²) in [5, 5.41) is 1.01. The average molecular weight is 216 g/mol. The van der Waals surface area contributed by atoms with Crippen LogP contribution in [0.5, 0.6) is 0 Å². The molecular weight excluding hydrogens is 208 g/mol.